The number of phenolic OH excluding ortho intramolecular Hbond substituents is 2. The lowest BCUT2D eigenvalue weighted by atomic mass is 9.98. The van der Waals surface area contributed by atoms with Crippen molar-refractivity contribution in [2.75, 3.05) is 6.54 Å². The van der Waals surface area contributed by atoms with Crippen LogP contribution in [0.2, 0.25) is 0 Å². The molecule has 0 heterocycles. The molecule has 9 heteroatoms. The first-order chi connectivity index (χ1) is 18.8. The lowest BCUT2D eigenvalue weighted by molar-refractivity contribution is -0.143. The van der Waals surface area contributed by atoms with E-state index in [4.69, 9.17) is 4.74 Å². The van der Waals surface area contributed by atoms with Crippen LogP contribution in [0.25, 0.3) is 0 Å². The van der Waals surface area contributed by atoms with E-state index >= 15 is 0 Å². The predicted molar refractivity (Wildman–Crippen MR) is 153 cm³/mol. The summed E-state index contributed by atoms with van der Waals surface area (Å²) in [7, 11) is 0. The standard InChI is InChI=1S/C31H43N3O6/c1-7-8-15-32-28(37)27(22-11-14-26(36)20(3)16-22)34(25-17-19(25)2)29(38)24(33-30(39)40-31(4,5)6)18-21-9-12-23(35)13-10-21/h9-14,16,19,24-25,27,35-36H,7-8,15,17-18H2,1-6H3,(H,32,37)(H,33,39). The largest absolute Gasteiger partial charge is 0.508 e. The van der Waals surface area contributed by atoms with E-state index < -0.39 is 29.7 Å². The monoisotopic (exact) mass is 553 g/mol. The van der Waals surface area contributed by atoms with E-state index in [1.165, 1.54) is 18.2 Å². The van der Waals surface area contributed by atoms with Gasteiger partial charge in [0.1, 0.15) is 29.2 Å². The fourth-order valence-corrected chi connectivity index (χ4v) is 4.64. The van der Waals surface area contributed by atoms with E-state index in [0.29, 0.717) is 17.7 Å². The predicted octanol–water partition coefficient (Wildman–Crippen LogP) is 4.74. The third-order valence-corrected chi connectivity index (χ3v) is 6.94. The summed E-state index contributed by atoms with van der Waals surface area (Å²) in [5.74, 6) is -0.361. The Balaban J connectivity index is 2.04. The lowest BCUT2D eigenvalue weighted by Gasteiger charge is -2.35. The van der Waals surface area contributed by atoms with Crippen molar-refractivity contribution in [1.82, 2.24) is 15.5 Å². The Kier molecular flexibility index (Phi) is 10.1. The Hall–Kier alpha value is -3.75. The number of carbonyl (C=O) groups is 3. The van der Waals surface area contributed by atoms with Gasteiger partial charge in [-0.25, -0.2) is 4.79 Å². The van der Waals surface area contributed by atoms with E-state index in [1.807, 2.05) is 13.8 Å². The molecule has 218 valence electrons. The van der Waals surface area contributed by atoms with Crippen molar-refractivity contribution in [2.45, 2.75) is 91.0 Å². The molecule has 9 nitrogen and oxygen atoms in total. The number of unbranched alkanes of at least 4 members (excludes halogenated alkanes) is 1. The van der Waals surface area contributed by atoms with Crippen LogP contribution >= 0.6 is 0 Å². The van der Waals surface area contributed by atoms with Crippen LogP contribution < -0.4 is 10.6 Å². The van der Waals surface area contributed by atoms with Crippen LogP contribution in [0, 0.1) is 12.8 Å². The molecular weight excluding hydrogens is 510 g/mol. The highest BCUT2D eigenvalue weighted by Crippen LogP contribution is 2.41. The van der Waals surface area contributed by atoms with Crippen LogP contribution in [0.5, 0.6) is 11.5 Å². The highest BCUT2D eigenvalue weighted by Gasteiger charge is 2.48. The van der Waals surface area contributed by atoms with Gasteiger partial charge >= 0.3 is 6.09 Å². The Labute approximate surface area is 236 Å². The van der Waals surface area contributed by atoms with Gasteiger partial charge in [-0.15, -0.1) is 0 Å². The number of aryl methyl sites for hydroxylation is 1. The second-order valence-corrected chi connectivity index (χ2v) is 11.7. The Morgan fingerprint density at radius 2 is 1.75 bits per heavy atom. The number of phenols is 2. The van der Waals surface area contributed by atoms with Crippen molar-refractivity contribution in [3.05, 3.63) is 59.2 Å². The van der Waals surface area contributed by atoms with E-state index in [1.54, 1.807) is 56.9 Å². The highest BCUT2D eigenvalue weighted by molar-refractivity contribution is 5.93. The van der Waals surface area contributed by atoms with E-state index in [0.717, 1.165) is 24.8 Å². The van der Waals surface area contributed by atoms with Crippen molar-refractivity contribution >= 4 is 17.9 Å². The van der Waals surface area contributed by atoms with Crippen molar-refractivity contribution in [2.24, 2.45) is 5.92 Å². The number of nitrogens with zero attached hydrogens (tertiary/aromatic N) is 1. The van der Waals surface area contributed by atoms with Gasteiger partial charge in [0.25, 0.3) is 0 Å². The molecule has 2 aromatic rings. The number of carbonyl (C=O) groups excluding carboxylic acids is 3. The van der Waals surface area contributed by atoms with Crippen molar-refractivity contribution in [3.8, 4) is 11.5 Å². The van der Waals surface area contributed by atoms with Gasteiger partial charge in [-0.05, 0) is 87.4 Å². The molecule has 0 aromatic heterocycles. The average Bonchev–Trinajstić information content (AvgIpc) is 3.59. The molecule has 0 bridgehead atoms. The minimum Gasteiger partial charge on any atom is -0.508 e. The zero-order valence-electron chi connectivity index (χ0n) is 24.4. The molecule has 1 aliphatic rings. The zero-order chi connectivity index (χ0) is 29.6. The first-order valence-electron chi connectivity index (χ1n) is 14.0. The maximum absolute atomic E-state index is 14.4. The molecular formula is C31H43N3O6. The van der Waals surface area contributed by atoms with Crippen LogP contribution in [0.1, 0.15) is 76.6 Å². The SMILES string of the molecule is CCCCNC(=O)C(c1ccc(O)c(C)c1)N(C(=O)C(Cc1ccc(O)cc1)NC(=O)OC(C)(C)C)C1CC1C. The number of ether oxygens (including phenoxy) is 1. The van der Waals surface area contributed by atoms with Gasteiger partial charge < -0.3 is 30.5 Å². The topological polar surface area (TPSA) is 128 Å². The summed E-state index contributed by atoms with van der Waals surface area (Å²) in [6.07, 6.45) is 1.82. The third-order valence-electron chi connectivity index (χ3n) is 6.94. The maximum Gasteiger partial charge on any atom is 0.408 e. The zero-order valence-corrected chi connectivity index (χ0v) is 24.4. The number of rotatable bonds is 11. The van der Waals surface area contributed by atoms with Crippen LogP contribution in [0.15, 0.2) is 42.5 Å². The Bertz CT molecular complexity index is 1190. The molecule has 0 radical (unpaired) electrons. The number of hydrogen-bond acceptors (Lipinski definition) is 6. The van der Waals surface area contributed by atoms with Crippen LogP contribution in [0.3, 0.4) is 0 Å². The first-order valence-corrected chi connectivity index (χ1v) is 14.0. The molecule has 0 spiro atoms. The van der Waals surface area contributed by atoms with E-state index in [-0.39, 0.29) is 35.8 Å². The van der Waals surface area contributed by atoms with Gasteiger partial charge in [-0.1, -0.05) is 38.5 Å². The summed E-state index contributed by atoms with van der Waals surface area (Å²) in [5, 5.41) is 25.6. The van der Waals surface area contributed by atoms with E-state index in [9.17, 15) is 24.6 Å². The summed E-state index contributed by atoms with van der Waals surface area (Å²) in [6.45, 7) is 11.5. The van der Waals surface area contributed by atoms with Crippen LogP contribution in [0.4, 0.5) is 4.79 Å². The van der Waals surface area contributed by atoms with Crippen LogP contribution in [-0.4, -0.2) is 57.3 Å². The molecule has 1 fully saturated rings. The summed E-state index contributed by atoms with van der Waals surface area (Å²) in [5.41, 5.74) is 1.12. The average molecular weight is 554 g/mol. The van der Waals surface area contributed by atoms with Gasteiger partial charge in [-0.3, -0.25) is 9.59 Å². The summed E-state index contributed by atoms with van der Waals surface area (Å²) >= 11 is 0. The number of amides is 3. The fraction of sp³-hybridized carbons (Fsp3) is 0.516. The van der Waals surface area contributed by atoms with Gasteiger partial charge in [-0.2, -0.15) is 0 Å². The molecule has 40 heavy (non-hydrogen) atoms. The second-order valence-electron chi connectivity index (χ2n) is 11.7. The summed E-state index contributed by atoms with van der Waals surface area (Å²) < 4.78 is 5.47. The molecule has 4 atom stereocenters. The molecule has 0 saturated heterocycles. The Morgan fingerprint density at radius 3 is 2.30 bits per heavy atom. The number of aromatic hydroxyl groups is 2. The number of nitrogens with one attached hydrogen (secondary N) is 2. The summed E-state index contributed by atoms with van der Waals surface area (Å²) in [4.78, 5) is 42.6. The van der Waals surface area contributed by atoms with Gasteiger partial charge in [0.2, 0.25) is 11.8 Å². The second kappa shape index (κ2) is 13.1. The highest BCUT2D eigenvalue weighted by atomic mass is 16.6. The number of hydrogen-bond donors (Lipinski definition) is 4. The van der Waals surface area contributed by atoms with Crippen molar-refractivity contribution in [3.63, 3.8) is 0 Å². The summed E-state index contributed by atoms with van der Waals surface area (Å²) in [6, 6.07) is 9.15. The molecule has 3 amide bonds. The lowest BCUT2D eigenvalue weighted by Crippen LogP contribution is -2.54. The van der Waals surface area contributed by atoms with Crippen molar-refractivity contribution < 1.29 is 29.3 Å². The normalized spacial score (nSPS) is 17.9. The molecule has 3 rings (SSSR count). The number of benzene rings is 2. The first kappa shape index (κ1) is 30.8. The van der Waals surface area contributed by atoms with Crippen molar-refractivity contribution in [1.29, 1.82) is 0 Å². The quantitative estimate of drug-likeness (QED) is 0.298. The Morgan fingerprint density at radius 1 is 1.10 bits per heavy atom. The van der Waals surface area contributed by atoms with Crippen LogP contribution in [-0.2, 0) is 20.7 Å². The smallest absolute Gasteiger partial charge is 0.408 e. The molecule has 4 unspecified atom stereocenters. The number of alkyl carbamates (subject to hydrolysis) is 1. The molecule has 4 N–H and O–H groups in total. The van der Waals surface area contributed by atoms with Gasteiger partial charge in [0.05, 0.1) is 0 Å². The minimum atomic E-state index is -1.03. The molecule has 2 aromatic carbocycles. The van der Waals surface area contributed by atoms with E-state index in [2.05, 4.69) is 10.6 Å². The van der Waals surface area contributed by atoms with Gasteiger partial charge in [0, 0.05) is 19.0 Å². The fourth-order valence-electron chi connectivity index (χ4n) is 4.64. The minimum absolute atomic E-state index is 0.0895. The third kappa shape index (κ3) is 8.37. The molecule has 1 aliphatic carbocycles. The molecule has 1 saturated carbocycles. The molecule has 0 aliphatic heterocycles. The maximum atomic E-state index is 14.4. The van der Waals surface area contributed by atoms with Gasteiger partial charge in [0.15, 0.2) is 0 Å².